The highest BCUT2D eigenvalue weighted by Gasteiger charge is 2.08. The average Bonchev–Trinajstić information content (AvgIpc) is 2.62. The van der Waals surface area contributed by atoms with E-state index in [9.17, 15) is 9.59 Å². The third-order valence-corrected chi connectivity index (χ3v) is 1.62. The summed E-state index contributed by atoms with van der Waals surface area (Å²) >= 11 is 0. The van der Waals surface area contributed by atoms with E-state index in [1.807, 2.05) is 6.92 Å². The van der Waals surface area contributed by atoms with Crippen molar-refractivity contribution in [2.75, 3.05) is 6.54 Å². The predicted octanol–water partition coefficient (Wildman–Crippen LogP) is -0.283. The van der Waals surface area contributed by atoms with Gasteiger partial charge in [0.1, 0.15) is 6.54 Å². The van der Waals surface area contributed by atoms with E-state index in [0.29, 0.717) is 12.1 Å². The summed E-state index contributed by atoms with van der Waals surface area (Å²) in [6, 6.07) is 0. The second-order valence-corrected chi connectivity index (χ2v) is 2.66. The Morgan fingerprint density at radius 1 is 1.64 bits per heavy atom. The van der Waals surface area contributed by atoms with Crippen LogP contribution in [0.1, 0.15) is 17.3 Å². The molecule has 0 unspecified atom stereocenters. The summed E-state index contributed by atoms with van der Waals surface area (Å²) in [5.41, 5.74) is 0.369. The fourth-order valence-electron chi connectivity index (χ4n) is 0.912. The number of nitrogens with one attached hydrogen (secondary N) is 1. The summed E-state index contributed by atoms with van der Waals surface area (Å²) in [5.74, 6) is -1.49. The van der Waals surface area contributed by atoms with Crippen molar-refractivity contribution < 1.29 is 14.7 Å². The lowest BCUT2D eigenvalue weighted by atomic mass is 10.3. The van der Waals surface area contributed by atoms with Crippen molar-refractivity contribution in [3.05, 3.63) is 18.0 Å². The molecule has 0 saturated heterocycles. The first-order valence-electron chi connectivity index (χ1n) is 4.16. The Balaban J connectivity index is 2.56. The van der Waals surface area contributed by atoms with Crippen LogP contribution in [0.4, 0.5) is 0 Å². The topological polar surface area (TPSA) is 84.2 Å². The summed E-state index contributed by atoms with van der Waals surface area (Å²) < 4.78 is 1.59. The molecular weight excluding hydrogens is 186 g/mol. The number of hydrogen-bond acceptors (Lipinski definition) is 3. The van der Waals surface area contributed by atoms with Crippen molar-refractivity contribution in [2.24, 2.45) is 0 Å². The van der Waals surface area contributed by atoms with Crippen molar-refractivity contribution >= 4 is 11.9 Å². The van der Waals surface area contributed by atoms with E-state index in [-0.39, 0.29) is 6.54 Å². The van der Waals surface area contributed by atoms with Crippen LogP contribution in [0.3, 0.4) is 0 Å². The maximum Gasteiger partial charge on any atom is 0.322 e. The zero-order valence-corrected chi connectivity index (χ0v) is 7.73. The van der Waals surface area contributed by atoms with E-state index in [2.05, 4.69) is 10.4 Å². The number of carboxylic acid groups (broad SMARTS) is 1. The smallest absolute Gasteiger partial charge is 0.322 e. The van der Waals surface area contributed by atoms with Crippen molar-refractivity contribution in [3.8, 4) is 0 Å². The quantitative estimate of drug-likeness (QED) is 0.695. The molecule has 0 aliphatic carbocycles. The van der Waals surface area contributed by atoms with Gasteiger partial charge in [-0.2, -0.15) is 5.10 Å². The molecule has 0 bridgehead atoms. The number of carbonyl (C=O) groups excluding carboxylic acids is 1. The molecule has 0 aliphatic rings. The van der Waals surface area contributed by atoms with E-state index < -0.39 is 11.9 Å². The summed E-state index contributed by atoms with van der Waals surface area (Å²) in [5, 5.41) is 14.5. The van der Waals surface area contributed by atoms with Gasteiger partial charge in [-0.05, 0) is 6.92 Å². The lowest BCUT2D eigenvalue weighted by Crippen LogP contribution is -2.28. The second kappa shape index (κ2) is 4.40. The van der Waals surface area contributed by atoms with E-state index in [0.717, 1.165) is 0 Å². The van der Waals surface area contributed by atoms with Gasteiger partial charge >= 0.3 is 5.97 Å². The number of carbonyl (C=O) groups is 2. The molecule has 2 N–H and O–H groups in total. The van der Waals surface area contributed by atoms with Crippen LogP contribution in [0, 0.1) is 0 Å². The number of aryl methyl sites for hydroxylation is 1. The Hall–Kier alpha value is -1.85. The molecule has 0 radical (unpaired) electrons. The van der Waals surface area contributed by atoms with E-state index in [4.69, 9.17) is 5.11 Å². The highest BCUT2D eigenvalue weighted by atomic mass is 16.4. The predicted molar refractivity (Wildman–Crippen MR) is 47.9 cm³/mol. The van der Waals surface area contributed by atoms with Crippen LogP contribution in [-0.4, -0.2) is 33.3 Å². The molecule has 1 amide bonds. The number of amides is 1. The van der Waals surface area contributed by atoms with Crippen LogP contribution in [0.2, 0.25) is 0 Å². The van der Waals surface area contributed by atoms with Gasteiger partial charge in [-0.3, -0.25) is 14.3 Å². The standard InChI is InChI=1S/C8H11N3O3/c1-2-11-5-6(3-10-11)8(14)9-4-7(12)13/h3,5H,2,4H2,1H3,(H,9,14)(H,12,13). The molecule has 0 aliphatic heterocycles. The van der Waals surface area contributed by atoms with E-state index in [1.54, 1.807) is 10.9 Å². The first-order valence-corrected chi connectivity index (χ1v) is 4.16. The van der Waals surface area contributed by atoms with Gasteiger partial charge in [-0.1, -0.05) is 0 Å². The zero-order valence-electron chi connectivity index (χ0n) is 7.73. The fourth-order valence-corrected chi connectivity index (χ4v) is 0.912. The fraction of sp³-hybridized carbons (Fsp3) is 0.375. The van der Waals surface area contributed by atoms with E-state index >= 15 is 0 Å². The van der Waals surface area contributed by atoms with E-state index in [1.165, 1.54) is 6.20 Å². The molecule has 6 heteroatoms. The molecule has 0 spiro atoms. The molecule has 76 valence electrons. The summed E-state index contributed by atoms with van der Waals surface area (Å²) in [6.45, 7) is 2.19. The molecule has 0 fully saturated rings. The Bertz CT molecular complexity index is 345. The average molecular weight is 197 g/mol. The Morgan fingerprint density at radius 2 is 2.36 bits per heavy atom. The highest BCUT2D eigenvalue weighted by molar-refractivity contribution is 5.95. The van der Waals surface area contributed by atoms with Gasteiger partial charge in [0.15, 0.2) is 0 Å². The number of rotatable bonds is 4. The molecule has 0 aromatic carbocycles. The molecule has 1 aromatic rings. The number of carboxylic acids is 1. The van der Waals surface area contributed by atoms with Crippen molar-refractivity contribution in [1.29, 1.82) is 0 Å². The minimum atomic E-state index is -1.07. The number of aliphatic carboxylic acids is 1. The summed E-state index contributed by atoms with van der Waals surface area (Å²) in [7, 11) is 0. The third kappa shape index (κ3) is 2.58. The van der Waals surface area contributed by atoms with Crippen molar-refractivity contribution in [1.82, 2.24) is 15.1 Å². The maximum absolute atomic E-state index is 11.3. The van der Waals surface area contributed by atoms with Gasteiger partial charge in [0.2, 0.25) is 0 Å². The molecule has 1 heterocycles. The third-order valence-electron chi connectivity index (χ3n) is 1.62. The lowest BCUT2D eigenvalue weighted by Gasteiger charge is -1.97. The molecule has 14 heavy (non-hydrogen) atoms. The number of aromatic nitrogens is 2. The molecule has 6 nitrogen and oxygen atoms in total. The largest absolute Gasteiger partial charge is 0.480 e. The second-order valence-electron chi connectivity index (χ2n) is 2.66. The minimum absolute atomic E-state index is 0.369. The van der Waals surface area contributed by atoms with Gasteiger partial charge < -0.3 is 10.4 Å². The Kier molecular flexibility index (Phi) is 3.22. The van der Waals surface area contributed by atoms with Crippen molar-refractivity contribution in [2.45, 2.75) is 13.5 Å². The van der Waals surface area contributed by atoms with Gasteiger partial charge in [0.25, 0.3) is 5.91 Å². The monoisotopic (exact) mass is 197 g/mol. The van der Waals surface area contributed by atoms with Crippen LogP contribution in [0.25, 0.3) is 0 Å². The SMILES string of the molecule is CCn1cc(C(=O)NCC(=O)O)cn1. The van der Waals surface area contributed by atoms with Crippen LogP contribution in [-0.2, 0) is 11.3 Å². The Morgan fingerprint density at radius 3 is 2.86 bits per heavy atom. The van der Waals surface area contributed by atoms with Crippen LogP contribution >= 0.6 is 0 Å². The van der Waals surface area contributed by atoms with Crippen LogP contribution < -0.4 is 5.32 Å². The van der Waals surface area contributed by atoms with Crippen molar-refractivity contribution in [3.63, 3.8) is 0 Å². The molecular formula is C8H11N3O3. The maximum atomic E-state index is 11.3. The minimum Gasteiger partial charge on any atom is -0.480 e. The first-order chi connectivity index (χ1) is 6.63. The lowest BCUT2D eigenvalue weighted by molar-refractivity contribution is -0.135. The van der Waals surface area contributed by atoms with Crippen LogP contribution in [0.15, 0.2) is 12.4 Å². The van der Waals surface area contributed by atoms with Gasteiger partial charge in [-0.15, -0.1) is 0 Å². The number of hydrogen-bond donors (Lipinski definition) is 2. The first kappa shape index (κ1) is 10.2. The summed E-state index contributed by atoms with van der Waals surface area (Å²) in [6.07, 6.45) is 2.97. The van der Waals surface area contributed by atoms with Gasteiger partial charge in [0, 0.05) is 12.7 Å². The number of nitrogens with zero attached hydrogens (tertiary/aromatic N) is 2. The van der Waals surface area contributed by atoms with Crippen LogP contribution in [0.5, 0.6) is 0 Å². The summed E-state index contributed by atoms with van der Waals surface area (Å²) in [4.78, 5) is 21.4. The molecule has 1 rings (SSSR count). The molecule has 1 aromatic heterocycles. The van der Waals surface area contributed by atoms with Gasteiger partial charge in [0.05, 0.1) is 11.8 Å². The Labute approximate surface area is 80.5 Å². The zero-order chi connectivity index (χ0) is 10.6. The molecule has 0 saturated carbocycles. The molecule has 0 atom stereocenters. The highest BCUT2D eigenvalue weighted by Crippen LogP contribution is 1.96. The van der Waals surface area contributed by atoms with Gasteiger partial charge in [-0.25, -0.2) is 0 Å². The normalized spacial score (nSPS) is 9.79.